The van der Waals surface area contributed by atoms with Crippen LogP contribution in [0.3, 0.4) is 0 Å². The fourth-order valence-electron chi connectivity index (χ4n) is 2.84. The summed E-state index contributed by atoms with van der Waals surface area (Å²) in [5, 5.41) is 2.78. The van der Waals surface area contributed by atoms with Gasteiger partial charge in [0.25, 0.3) is 0 Å². The van der Waals surface area contributed by atoms with Gasteiger partial charge in [-0.2, -0.15) is 0 Å². The number of benzene rings is 1. The molecule has 5 nitrogen and oxygen atoms in total. The molecule has 0 bridgehead atoms. The molecule has 0 aromatic heterocycles. The van der Waals surface area contributed by atoms with Crippen LogP contribution >= 0.6 is 0 Å². The number of anilines is 1. The second-order valence-electron chi connectivity index (χ2n) is 5.78. The van der Waals surface area contributed by atoms with E-state index in [1.54, 1.807) is 24.3 Å². The number of carbonyl (C=O) groups is 2. The molecular weight excluding hydrogens is 266 g/mol. The van der Waals surface area contributed by atoms with Crippen LogP contribution in [0.4, 0.5) is 5.69 Å². The first-order valence-corrected chi connectivity index (χ1v) is 7.52. The monoisotopic (exact) mass is 289 g/mol. The Bertz CT molecular complexity index is 493. The molecule has 1 unspecified atom stereocenters. The number of nitrogens with two attached hydrogens (primary N) is 2. The van der Waals surface area contributed by atoms with Crippen molar-refractivity contribution < 1.29 is 9.59 Å². The lowest BCUT2D eigenvalue weighted by molar-refractivity contribution is -0.117. The van der Waals surface area contributed by atoms with Crippen molar-refractivity contribution in [3.63, 3.8) is 0 Å². The molecule has 1 fully saturated rings. The maximum Gasteiger partial charge on any atom is 0.248 e. The molecule has 114 valence electrons. The van der Waals surface area contributed by atoms with E-state index in [1.807, 2.05) is 0 Å². The minimum Gasteiger partial charge on any atom is -0.366 e. The highest BCUT2D eigenvalue weighted by molar-refractivity contribution is 5.96. The summed E-state index contributed by atoms with van der Waals surface area (Å²) in [6.07, 6.45) is 6.87. The number of hydrogen-bond donors (Lipinski definition) is 3. The summed E-state index contributed by atoms with van der Waals surface area (Å²) in [5.74, 6) is -0.0917. The lowest BCUT2D eigenvalue weighted by Gasteiger charge is -2.24. The van der Waals surface area contributed by atoms with Gasteiger partial charge < -0.3 is 16.8 Å². The molecule has 0 radical (unpaired) electrons. The van der Waals surface area contributed by atoms with Crippen molar-refractivity contribution in [2.75, 3.05) is 5.32 Å². The summed E-state index contributed by atoms with van der Waals surface area (Å²) in [6.45, 7) is 0. The normalized spacial score (nSPS) is 17.2. The number of carbonyl (C=O) groups excluding carboxylic acids is 2. The van der Waals surface area contributed by atoms with Crippen molar-refractivity contribution in [1.82, 2.24) is 0 Å². The Balaban J connectivity index is 1.86. The molecule has 5 N–H and O–H groups in total. The van der Waals surface area contributed by atoms with Gasteiger partial charge in [0.2, 0.25) is 11.8 Å². The number of amides is 2. The van der Waals surface area contributed by atoms with E-state index in [0.29, 0.717) is 17.2 Å². The zero-order valence-electron chi connectivity index (χ0n) is 12.2. The van der Waals surface area contributed by atoms with Crippen molar-refractivity contribution >= 4 is 17.5 Å². The Morgan fingerprint density at radius 1 is 1.14 bits per heavy atom. The Labute approximate surface area is 125 Å². The highest BCUT2D eigenvalue weighted by atomic mass is 16.2. The third-order valence-electron chi connectivity index (χ3n) is 4.09. The Hall–Kier alpha value is -1.88. The van der Waals surface area contributed by atoms with Crippen molar-refractivity contribution in [3.8, 4) is 0 Å². The molecule has 0 saturated heterocycles. The molecular formula is C16H23N3O2. The predicted octanol–water partition coefficient (Wildman–Crippen LogP) is 2.02. The summed E-state index contributed by atoms with van der Waals surface area (Å²) in [7, 11) is 0. The zero-order chi connectivity index (χ0) is 15.2. The first-order chi connectivity index (χ1) is 10.1. The maximum atomic E-state index is 12.1. The van der Waals surface area contributed by atoms with Crippen LogP contribution in [-0.4, -0.2) is 17.9 Å². The van der Waals surface area contributed by atoms with E-state index in [-0.39, 0.29) is 5.91 Å². The Morgan fingerprint density at radius 2 is 1.76 bits per heavy atom. The van der Waals surface area contributed by atoms with Crippen molar-refractivity contribution in [3.05, 3.63) is 29.8 Å². The molecule has 1 atom stereocenters. The summed E-state index contributed by atoms with van der Waals surface area (Å²) < 4.78 is 0. The number of nitrogens with one attached hydrogen (secondary N) is 1. The molecule has 1 aliphatic rings. The quantitative estimate of drug-likeness (QED) is 0.773. The third kappa shape index (κ3) is 4.56. The van der Waals surface area contributed by atoms with E-state index in [1.165, 1.54) is 32.1 Å². The Kier molecular flexibility index (Phi) is 5.33. The molecule has 0 heterocycles. The maximum absolute atomic E-state index is 12.1. The first kappa shape index (κ1) is 15.5. The summed E-state index contributed by atoms with van der Waals surface area (Å²) in [5.41, 5.74) is 12.2. The van der Waals surface area contributed by atoms with E-state index in [0.717, 1.165) is 6.42 Å². The minimum atomic E-state index is -0.484. The number of hydrogen-bond acceptors (Lipinski definition) is 3. The molecule has 0 aliphatic heterocycles. The molecule has 1 aromatic rings. The average molecular weight is 289 g/mol. The van der Waals surface area contributed by atoms with Gasteiger partial charge in [0.05, 0.1) is 6.04 Å². The fraction of sp³-hybridized carbons (Fsp3) is 0.500. The second-order valence-corrected chi connectivity index (χ2v) is 5.78. The van der Waals surface area contributed by atoms with Gasteiger partial charge in [0.15, 0.2) is 0 Å². The van der Waals surface area contributed by atoms with E-state index in [2.05, 4.69) is 5.32 Å². The molecule has 5 heteroatoms. The summed E-state index contributed by atoms with van der Waals surface area (Å²) in [4.78, 5) is 23.1. The van der Waals surface area contributed by atoms with E-state index >= 15 is 0 Å². The second kappa shape index (κ2) is 7.22. The van der Waals surface area contributed by atoms with Gasteiger partial charge >= 0.3 is 0 Å². The van der Waals surface area contributed by atoms with E-state index in [4.69, 9.17) is 11.5 Å². The van der Waals surface area contributed by atoms with Gasteiger partial charge in [-0.3, -0.25) is 9.59 Å². The van der Waals surface area contributed by atoms with Crippen molar-refractivity contribution in [2.24, 2.45) is 17.4 Å². The van der Waals surface area contributed by atoms with Crippen LogP contribution < -0.4 is 16.8 Å². The highest BCUT2D eigenvalue weighted by Gasteiger charge is 2.21. The van der Waals surface area contributed by atoms with Gasteiger partial charge in [-0.1, -0.05) is 32.1 Å². The molecule has 1 saturated carbocycles. The van der Waals surface area contributed by atoms with Crippen LogP contribution in [0.15, 0.2) is 24.3 Å². The first-order valence-electron chi connectivity index (χ1n) is 7.52. The zero-order valence-corrected chi connectivity index (χ0v) is 12.2. The van der Waals surface area contributed by atoms with E-state index in [9.17, 15) is 9.59 Å². The number of rotatable bonds is 5. The van der Waals surface area contributed by atoms with Gasteiger partial charge in [-0.15, -0.1) is 0 Å². The van der Waals surface area contributed by atoms with Gasteiger partial charge in [-0.05, 0) is 36.6 Å². The van der Waals surface area contributed by atoms with Gasteiger partial charge in [-0.25, -0.2) is 0 Å². The van der Waals surface area contributed by atoms with Crippen molar-refractivity contribution in [1.29, 1.82) is 0 Å². The van der Waals surface area contributed by atoms with Crippen molar-refractivity contribution in [2.45, 2.75) is 44.6 Å². The average Bonchev–Trinajstić information content (AvgIpc) is 2.48. The lowest BCUT2D eigenvalue weighted by Crippen LogP contribution is -2.37. The van der Waals surface area contributed by atoms with Gasteiger partial charge in [0, 0.05) is 11.3 Å². The predicted molar refractivity (Wildman–Crippen MR) is 82.8 cm³/mol. The van der Waals surface area contributed by atoms with Crippen LogP contribution in [-0.2, 0) is 4.79 Å². The highest BCUT2D eigenvalue weighted by Crippen LogP contribution is 2.27. The van der Waals surface area contributed by atoms with Crippen LogP contribution in [0, 0.1) is 5.92 Å². The molecule has 1 aromatic carbocycles. The molecule has 21 heavy (non-hydrogen) atoms. The summed E-state index contributed by atoms with van der Waals surface area (Å²) in [6, 6.07) is 6.01. The fourth-order valence-corrected chi connectivity index (χ4v) is 2.84. The van der Waals surface area contributed by atoms with Gasteiger partial charge in [0.1, 0.15) is 0 Å². The third-order valence-corrected chi connectivity index (χ3v) is 4.09. The summed E-state index contributed by atoms with van der Waals surface area (Å²) >= 11 is 0. The standard InChI is InChI=1S/C16H23N3O2/c17-14(10-11-4-2-1-3-5-11)16(21)19-13-8-6-12(7-9-13)15(18)20/h6-9,11,14H,1-5,10,17H2,(H2,18,20)(H,19,21). The van der Waals surface area contributed by atoms with Crippen LogP contribution in [0.2, 0.25) is 0 Å². The SMILES string of the molecule is NC(=O)c1ccc(NC(=O)C(N)CC2CCCCC2)cc1. The van der Waals surface area contributed by atoms with E-state index < -0.39 is 11.9 Å². The van der Waals surface area contributed by atoms with Crippen LogP contribution in [0.1, 0.15) is 48.9 Å². The molecule has 2 rings (SSSR count). The van der Waals surface area contributed by atoms with Crippen LogP contribution in [0.25, 0.3) is 0 Å². The molecule has 1 aliphatic carbocycles. The number of primary amides is 1. The topological polar surface area (TPSA) is 98.2 Å². The largest absolute Gasteiger partial charge is 0.366 e. The molecule has 0 spiro atoms. The minimum absolute atomic E-state index is 0.174. The molecule has 2 amide bonds. The lowest BCUT2D eigenvalue weighted by atomic mass is 9.85. The van der Waals surface area contributed by atoms with Crippen LogP contribution in [0.5, 0.6) is 0 Å². The Morgan fingerprint density at radius 3 is 2.33 bits per heavy atom. The smallest absolute Gasteiger partial charge is 0.248 e.